The van der Waals surface area contributed by atoms with Crippen molar-refractivity contribution in [2.45, 2.75) is 16.5 Å². The van der Waals surface area contributed by atoms with E-state index in [-0.39, 0.29) is 5.75 Å². The van der Waals surface area contributed by atoms with Crippen molar-refractivity contribution in [3.8, 4) is 11.4 Å². The average molecular weight is 394 g/mol. The van der Waals surface area contributed by atoms with Crippen molar-refractivity contribution in [3.63, 3.8) is 0 Å². The highest BCUT2D eigenvalue weighted by Gasteiger charge is 2.13. The van der Waals surface area contributed by atoms with Crippen LogP contribution in [-0.4, -0.2) is 35.1 Å². The van der Waals surface area contributed by atoms with Gasteiger partial charge in [-0.25, -0.2) is 13.4 Å². The average Bonchev–Trinajstić information content (AvgIpc) is 3.09. The Kier molecular flexibility index (Phi) is 5.78. The van der Waals surface area contributed by atoms with Gasteiger partial charge >= 0.3 is 0 Å². The predicted octanol–water partition coefficient (Wildman–Crippen LogP) is 4.08. The number of rotatable bonds is 7. The Bertz CT molecular complexity index is 926. The van der Waals surface area contributed by atoms with Crippen LogP contribution in [0.4, 0.5) is 0 Å². The molecule has 0 aliphatic carbocycles. The van der Waals surface area contributed by atoms with Crippen LogP contribution >= 0.6 is 23.4 Å². The second kappa shape index (κ2) is 8.03. The topological polar surface area (TPSA) is 75.7 Å². The van der Waals surface area contributed by atoms with E-state index in [0.29, 0.717) is 33.1 Å². The number of nitrogens with zero attached hydrogens (tertiary/aromatic N) is 2. The van der Waals surface area contributed by atoms with Gasteiger partial charge in [0.05, 0.1) is 10.6 Å². The maximum absolute atomic E-state index is 12.2. The van der Waals surface area contributed by atoms with Gasteiger partial charge in [-0.3, -0.25) is 5.10 Å². The zero-order chi connectivity index (χ0) is 17.7. The smallest absolute Gasteiger partial charge is 0.208 e. The van der Waals surface area contributed by atoms with E-state index in [4.69, 9.17) is 11.6 Å². The first kappa shape index (κ1) is 18.0. The Balaban J connectivity index is 1.52. The standard InChI is InChI=1S/C17H16ClN3O2S2/c18-14-9-7-13(8-10-14)16-19-17(21-20-16)24-11-4-12-25(22,23)15-5-2-1-3-6-15/h1-3,5-10H,4,11-12H2,(H,19,20,21). The van der Waals surface area contributed by atoms with Crippen molar-refractivity contribution in [1.82, 2.24) is 15.2 Å². The molecule has 25 heavy (non-hydrogen) atoms. The minimum Gasteiger partial charge on any atom is -0.258 e. The summed E-state index contributed by atoms with van der Waals surface area (Å²) in [5.74, 6) is 1.40. The summed E-state index contributed by atoms with van der Waals surface area (Å²) in [7, 11) is -3.23. The van der Waals surface area contributed by atoms with Crippen LogP contribution in [0, 0.1) is 0 Å². The highest BCUT2D eigenvalue weighted by atomic mass is 35.5. The first-order valence-electron chi connectivity index (χ1n) is 7.63. The number of H-pyrrole nitrogens is 1. The number of hydrogen-bond acceptors (Lipinski definition) is 5. The maximum atomic E-state index is 12.2. The van der Waals surface area contributed by atoms with Gasteiger partial charge in [-0.05, 0) is 42.8 Å². The lowest BCUT2D eigenvalue weighted by Gasteiger charge is -2.03. The van der Waals surface area contributed by atoms with Crippen LogP contribution in [-0.2, 0) is 9.84 Å². The molecule has 5 nitrogen and oxygen atoms in total. The molecule has 0 aliphatic rings. The van der Waals surface area contributed by atoms with E-state index in [0.717, 1.165) is 5.56 Å². The molecule has 0 bridgehead atoms. The molecule has 130 valence electrons. The molecule has 1 N–H and O–H groups in total. The number of thioether (sulfide) groups is 1. The van der Waals surface area contributed by atoms with Gasteiger partial charge in [0.2, 0.25) is 5.16 Å². The molecule has 0 aliphatic heterocycles. The summed E-state index contributed by atoms with van der Waals surface area (Å²) in [4.78, 5) is 4.77. The third kappa shape index (κ3) is 4.84. The van der Waals surface area contributed by atoms with Crippen LogP contribution in [0.3, 0.4) is 0 Å². The van der Waals surface area contributed by atoms with Gasteiger partial charge in [0.1, 0.15) is 0 Å². The van der Waals surface area contributed by atoms with Crippen LogP contribution in [0.1, 0.15) is 6.42 Å². The largest absolute Gasteiger partial charge is 0.258 e. The van der Waals surface area contributed by atoms with E-state index in [2.05, 4.69) is 15.2 Å². The molecule has 0 radical (unpaired) electrons. The Hall–Kier alpha value is -1.83. The Morgan fingerprint density at radius 2 is 1.76 bits per heavy atom. The van der Waals surface area contributed by atoms with Crippen molar-refractivity contribution in [3.05, 3.63) is 59.6 Å². The highest BCUT2D eigenvalue weighted by molar-refractivity contribution is 7.99. The number of hydrogen-bond donors (Lipinski definition) is 1. The zero-order valence-corrected chi connectivity index (χ0v) is 15.6. The molecule has 0 spiro atoms. The van der Waals surface area contributed by atoms with Crippen molar-refractivity contribution >= 4 is 33.2 Å². The summed E-state index contributed by atoms with van der Waals surface area (Å²) in [6.45, 7) is 0. The van der Waals surface area contributed by atoms with E-state index in [1.54, 1.807) is 42.5 Å². The second-order valence-corrected chi connectivity index (χ2v) is 8.92. The van der Waals surface area contributed by atoms with Crippen molar-refractivity contribution in [1.29, 1.82) is 0 Å². The van der Waals surface area contributed by atoms with Crippen LogP contribution in [0.25, 0.3) is 11.4 Å². The van der Waals surface area contributed by atoms with Gasteiger partial charge in [-0.1, -0.05) is 41.6 Å². The Morgan fingerprint density at radius 3 is 2.48 bits per heavy atom. The molecular weight excluding hydrogens is 378 g/mol. The molecule has 0 amide bonds. The number of nitrogens with one attached hydrogen (secondary N) is 1. The maximum Gasteiger partial charge on any atom is 0.208 e. The molecular formula is C17H16ClN3O2S2. The quantitative estimate of drug-likeness (QED) is 0.483. The minimum absolute atomic E-state index is 0.110. The second-order valence-electron chi connectivity index (χ2n) is 5.31. The number of benzene rings is 2. The minimum atomic E-state index is -3.23. The van der Waals surface area contributed by atoms with Crippen molar-refractivity contribution in [2.24, 2.45) is 0 Å². The zero-order valence-electron chi connectivity index (χ0n) is 13.2. The summed E-state index contributed by atoms with van der Waals surface area (Å²) < 4.78 is 24.4. The van der Waals surface area contributed by atoms with E-state index in [9.17, 15) is 8.42 Å². The molecule has 0 atom stereocenters. The van der Waals surface area contributed by atoms with E-state index >= 15 is 0 Å². The third-order valence-electron chi connectivity index (χ3n) is 3.47. The molecule has 2 aromatic carbocycles. The van der Waals surface area contributed by atoms with Gasteiger partial charge in [0.25, 0.3) is 0 Å². The first-order chi connectivity index (χ1) is 12.0. The van der Waals surface area contributed by atoms with Crippen LogP contribution in [0.5, 0.6) is 0 Å². The van der Waals surface area contributed by atoms with Gasteiger partial charge < -0.3 is 0 Å². The summed E-state index contributed by atoms with van der Waals surface area (Å²) >= 11 is 7.30. The number of sulfone groups is 1. The summed E-state index contributed by atoms with van der Waals surface area (Å²) in [6.07, 6.45) is 0.534. The van der Waals surface area contributed by atoms with Crippen molar-refractivity contribution in [2.75, 3.05) is 11.5 Å². The number of aromatic amines is 1. The highest BCUT2D eigenvalue weighted by Crippen LogP contribution is 2.22. The summed E-state index contributed by atoms with van der Waals surface area (Å²) in [5.41, 5.74) is 0.899. The fraction of sp³-hybridized carbons (Fsp3) is 0.176. The Labute approximate surface area is 155 Å². The lowest BCUT2D eigenvalue weighted by atomic mass is 10.2. The molecule has 3 aromatic rings. The lowest BCUT2D eigenvalue weighted by molar-refractivity contribution is 0.595. The van der Waals surface area contributed by atoms with E-state index in [1.807, 2.05) is 12.1 Å². The molecule has 3 rings (SSSR count). The first-order valence-corrected chi connectivity index (χ1v) is 10.7. The molecule has 8 heteroatoms. The molecule has 0 saturated heterocycles. The van der Waals surface area contributed by atoms with Crippen LogP contribution < -0.4 is 0 Å². The fourth-order valence-electron chi connectivity index (χ4n) is 2.21. The molecule has 0 unspecified atom stereocenters. The van der Waals surface area contributed by atoms with E-state index in [1.165, 1.54) is 11.8 Å². The molecule has 0 saturated carbocycles. The third-order valence-corrected chi connectivity index (χ3v) is 6.48. The van der Waals surface area contributed by atoms with Crippen LogP contribution in [0.15, 0.2) is 64.6 Å². The van der Waals surface area contributed by atoms with Crippen LogP contribution in [0.2, 0.25) is 5.02 Å². The van der Waals surface area contributed by atoms with Gasteiger partial charge in [0.15, 0.2) is 15.7 Å². The fourth-order valence-corrected chi connectivity index (χ4v) is 4.58. The SMILES string of the molecule is O=S(=O)(CCCSc1n[nH]c(-c2ccc(Cl)cc2)n1)c1ccccc1. The molecule has 1 aromatic heterocycles. The van der Waals surface area contributed by atoms with Crippen molar-refractivity contribution < 1.29 is 8.42 Å². The predicted molar refractivity (Wildman–Crippen MR) is 101 cm³/mol. The Morgan fingerprint density at radius 1 is 1.04 bits per heavy atom. The molecule has 1 heterocycles. The molecule has 0 fully saturated rings. The normalized spacial score (nSPS) is 11.6. The summed E-state index contributed by atoms with van der Waals surface area (Å²) in [5, 5.41) is 8.30. The lowest BCUT2D eigenvalue weighted by Crippen LogP contribution is -2.07. The monoisotopic (exact) mass is 393 g/mol. The van der Waals surface area contributed by atoms with Gasteiger partial charge in [-0.15, -0.1) is 5.10 Å². The van der Waals surface area contributed by atoms with Gasteiger partial charge in [-0.2, -0.15) is 0 Å². The van der Waals surface area contributed by atoms with Gasteiger partial charge in [0, 0.05) is 16.3 Å². The summed E-state index contributed by atoms with van der Waals surface area (Å²) in [6, 6.07) is 15.8. The number of aromatic nitrogens is 3. The van der Waals surface area contributed by atoms with E-state index < -0.39 is 9.84 Å². The number of halogens is 1.